The molecule has 0 aromatic heterocycles. The molecule has 0 bridgehead atoms. The largest absolute Gasteiger partial charge is 0.379 e. The van der Waals surface area contributed by atoms with Crippen LogP contribution in [0.4, 0.5) is 4.39 Å². The molecule has 2 fully saturated rings. The van der Waals surface area contributed by atoms with Crippen LogP contribution in [0.15, 0.2) is 24.3 Å². The van der Waals surface area contributed by atoms with Gasteiger partial charge in [0, 0.05) is 26.2 Å². The fourth-order valence-corrected chi connectivity index (χ4v) is 2.91. The monoisotopic (exact) mass is 364 g/mol. The lowest BCUT2D eigenvalue weighted by atomic mass is 10.1. The first-order valence-electron chi connectivity index (χ1n) is 9.15. The number of halogens is 1. The van der Waals surface area contributed by atoms with Gasteiger partial charge in [-0.3, -0.25) is 9.59 Å². The molecule has 2 amide bonds. The second-order valence-electron chi connectivity index (χ2n) is 6.84. The highest BCUT2D eigenvalue weighted by Gasteiger charge is 2.30. The molecule has 1 aliphatic heterocycles. The van der Waals surface area contributed by atoms with Gasteiger partial charge in [0.1, 0.15) is 5.82 Å². The molecular formula is C19H25FN2O4. The molecule has 1 saturated carbocycles. The molecule has 1 aromatic carbocycles. The summed E-state index contributed by atoms with van der Waals surface area (Å²) < 4.78 is 24.9. The Balaban J connectivity index is 1.39. The molecule has 0 radical (unpaired) electrons. The third-order valence-corrected chi connectivity index (χ3v) is 4.64. The number of carbonyl (C=O) groups is 2. The molecule has 2 N–H and O–H groups in total. The number of hydrogen-bond acceptors (Lipinski definition) is 4. The number of hydrogen-bond donors (Lipinski definition) is 2. The van der Waals surface area contributed by atoms with Gasteiger partial charge in [0.2, 0.25) is 5.91 Å². The van der Waals surface area contributed by atoms with Gasteiger partial charge in [0.05, 0.1) is 24.3 Å². The molecule has 6 nitrogen and oxygen atoms in total. The van der Waals surface area contributed by atoms with E-state index >= 15 is 0 Å². The number of ether oxygens (including phenoxy) is 2. The highest BCUT2D eigenvalue weighted by atomic mass is 19.1. The predicted molar refractivity (Wildman–Crippen MR) is 93.2 cm³/mol. The van der Waals surface area contributed by atoms with E-state index in [0.717, 1.165) is 13.0 Å². The van der Waals surface area contributed by atoms with Gasteiger partial charge >= 0.3 is 0 Å². The Labute approximate surface area is 152 Å². The third kappa shape index (κ3) is 5.51. The van der Waals surface area contributed by atoms with Crippen LogP contribution in [0.1, 0.15) is 36.0 Å². The zero-order chi connectivity index (χ0) is 18.4. The summed E-state index contributed by atoms with van der Waals surface area (Å²) in [6.45, 7) is 1.96. The van der Waals surface area contributed by atoms with Gasteiger partial charge < -0.3 is 20.1 Å². The van der Waals surface area contributed by atoms with E-state index in [0.29, 0.717) is 19.1 Å². The van der Waals surface area contributed by atoms with Crippen molar-refractivity contribution in [1.29, 1.82) is 0 Å². The van der Waals surface area contributed by atoms with Gasteiger partial charge in [-0.1, -0.05) is 12.1 Å². The minimum Gasteiger partial charge on any atom is -0.379 e. The highest BCUT2D eigenvalue weighted by molar-refractivity contribution is 5.94. The van der Waals surface area contributed by atoms with E-state index in [-0.39, 0.29) is 36.6 Å². The van der Waals surface area contributed by atoms with Crippen molar-refractivity contribution in [3.05, 3.63) is 35.6 Å². The topological polar surface area (TPSA) is 76.7 Å². The first-order valence-corrected chi connectivity index (χ1v) is 9.15. The van der Waals surface area contributed by atoms with Gasteiger partial charge in [-0.05, 0) is 37.3 Å². The van der Waals surface area contributed by atoms with Crippen LogP contribution in [0.3, 0.4) is 0 Å². The summed E-state index contributed by atoms with van der Waals surface area (Å²) in [5, 5.41) is 5.49. The smallest absolute Gasteiger partial charge is 0.254 e. The fourth-order valence-electron chi connectivity index (χ4n) is 2.91. The molecule has 26 heavy (non-hydrogen) atoms. The zero-order valence-corrected chi connectivity index (χ0v) is 14.7. The predicted octanol–water partition coefficient (Wildman–Crippen LogP) is 1.65. The number of carbonyl (C=O) groups excluding carboxylic acids is 2. The van der Waals surface area contributed by atoms with E-state index in [9.17, 15) is 14.0 Å². The summed E-state index contributed by atoms with van der Waals surface area (Å²) in [6.07, 6.45) is 3.30. The minimum atomic E-state index is -0.579. The Morgan fingerprint density at radius 3 is 2.81 bits per heavy atom. The Morgan fingerprint density at radius 1 is 1.23 bits per heavy atom. The van der Waals surface area contributed by atoms with E-state index in [1.165, 1.54) is 31.0 Å². The van der Waals surface area contributed by atoms with Crippen LogP contribution in [0.25, 0.3) is 0 Å². The summed E-state index contributed by atoms with van der Waals surface area (Å²) in [7, 11) is 0. The minimum absolute atomic E-state index is 0.0258. The molecule has 1 aromatic rings. The lowest BCUT2D eigenvalue weighted by Crippen LogP contribution is -2.51. The summed E-state index contributed by atoms with van der Waals surface area (Å²) >= 11 is 0. The van der Waals surface area contributed by atoms with Gasteiger partial charge in [-0.15, -0.1) is 0 Å². The Morgan fingerprint density at radius 2 is 2.04 bits per heavy atom. The standard InChI is InChI=1S/C19H25FN2O4/c20-15-4-2-1-3-14(15)19(24)21-9-7-18(23)22-16-12-25-10-8-17(16)26-11-13-5-6-13/h1-4,13,16-17H,5-12H2,(H,21,24)(H,22,23)/t16-,17+/m1/s1. The molecule has 7 heteroatoms. The normalized spacial score (nSPS) is 22.7. The van der Waals surface area contributed by atoms with Crippen LogP contribution in [0, 0.1) is 11.7 Å². The van der Waals surface area contributed by atoms with Gasteiger partial charge in [-0.25, -0.2) is 4.39 Å². The van der Waals surface area contributed by atoms with Crippen molar-refractivity contribution in [2.75, 3.05) is 26.4 Å². The van der Waals surface area contributed by atoms with Crippen LogP contribution < -0.4 is 10.6 Å². The molecule has 1 aliphatic carbocycles. The number of benzene rings is 1. The summed E-state index contributed by atoms with van der Waals surface area (Å²) in [5.74, 6) is -0.621. The van der Waals surface area contributed by atoms with Crippen molar-refractivity contribution in [2.45, 2.75) is 37.8 Å². The second-order valence-corrected chi connectivity index (χ2v) is 6.84. The lowest BCUT2D eigenvalue weighted by Gasteiger charge is -2.32. The third-order valence-electron chi connectivity index (χ3n) is 4.64. The number of nitrogens with one attached hydrogen (secondary N) is 2. The van der Waals surface area contributed by atoms with Crippen LogP contribution in [-0.4, -0.2) is 50.3 Å². The highest BCUT2D eigenvalue weighted by Crippen LogP contribution is 2.30. The molecule has 1 saturated heterocycles. The van der Waals surface area contributed by atoms with Crippen molar-refractivity contribution in [3.8, 4) is 0 Å². The summed E-state index contributed by atoms with van der Waals surface area (Å²) in [4.78, 5) is 24.1. The molecule has 0 unspecified atom stereocenters. The molecule has 2 atom stereocenters. The van der Waals surface area contributed by atoms with Crippen LogP contribution in [0.2, 0.25) is 0 Å². The SMILES string of the molecule is O=C(CCNC(=O)c1ccccc1F)N[C@@H]1COCC[C@@H]1OCC1CC1. The van der Waals surface area contributed by atoms with Crippen molar-refractivity contribution in [3.63, 3.8) is 0 Å². The Kier molecular flexibility index (Phi) is 6.57. The van der Waals surface area contributed by atoms with Crippen molar-refractivity contribution in [2.24, 2.45) is 5.92 Å². The van der Waals surface area contributed by atoms with Crippen molar-refractivity contribution in [1.82, 2.24) is 10.6 Å². The molecule has 1 heterocycles. The van der Waals surface area contributed by atoms with E-state index in [4.69, 9.17) is 9.47 Å². The summed E-state index contributed by atoms with van der Waals surface area (Å²) in [5.41, 5.74) is -0.0258. The number of rotatable bonds is 8. The van der Waals surface area contributed by atoms with Gasteiger partial charge in [-0.2, -0.15) is 0 Å². The Hall–Kier alpha value is -1.99. The zero-order valence-electron chi connectivity index (χ0n) is 14.7. The Bertz CT molecular complexity index is 636. The van der Waals surface area contributed by atoms with E-state index in [2.05, 4.69) is 10.6 Å². The van der Waals surface area contributed by atoms with Crippen molar-refractivity contribution < 1.29 is 23.5 Å². The fraction of sp³-hybridized carbons (Fsp3) is 0.579. The summed E-state index contributed by atoms with van der Waals surface area (Å²) in [6, 6.07) is 5.58. The van der Waals surface area contributed by atoms with E-state index in [1.807, 2.05) is 0 Å². The average Bonchev–Trinajstić information content (AvgIpc) is 3.45. The first-order chi connectivity index (χ1) is 12.6. The molecule has 2 aliphatic rings. The second kappa shape index (κ2) is 9.09. The van der Waals surface area contributed by atoms with E-state index in [1.54, 1.807) is 6.07 Å². The first kappa shape index (κ1) is 18.8. The maximum atomic E-state index is 13.5. The van der Waals surface area contributed by atoms with E-state index < -0.39 is 11.7 Å². The van der Waals surface area contributed by atoms with Crippen LogP contribution >= 0.6 is 0 Å². The van der Waals surface area contributed by atoms with Gasteiger partial charge in [0.25, 0.3) is 5.91 Å². The average molecular weight is 364 g/mol. The van der Waals surface area contributed by atoms with Crippen LogP contribution in [-0.2, 0) is 14.3 Å². The molecule has 0 spiro atoms. The van der Waals surface area contributed by atoms with Crippen molar-refractivity contribution >= 4 is 11.8 Å². The number of amides is 2. The van der Waals surface area contributed by atoms with Crippen LogP contribution in [0.5, 0.6) is 0 Å². The maximum Gasteiger partial charge on any atom is 0.254 e. The molecular weight excluding hydrogens is 339 g/mol. The molecule has 3 rings (SSSR count). The lowest BCUT2D eigenvalue weighted by molar-refractivity contribution is -0.126. The molecule has 142 valence electrons. The quantitative estimate of drug-likeness (QED) is 0.735. The van der Waals surface area contributed by atoms with Gasteiger partial charge in [0.15, 0.2) is 0 Å². The maximum absolute atomic E-state index is 13.5.